The Bertz CT molecular complexity index is 555. The van der Waals surface area contributed by atoms with Gasteiger partial charge in [-0.1, -0.05) is 18.5 Å². The summed E-state index contributed by atoms with van der Waals surface area (Å²) >= 11 is 8.64. The van der Waals surface area contributed by atoms with Gasteiger partial charge in [0.2, 0.25) is 0 Å². The Kier molecular flexibility index (Phi) is 3.94. The molecule has 0 saturated heterocycles. The van der Waals surface area contributed by atoms with E-state index in [2.05, 4.69) is 21.6 Å². The lowest BCUT2D eigenvalue weighted by Gasteiger charge is -1.99. The minimum atomic E-state index is 0.258. The lowest BCUT2D eigenvalue weighted by molar-refractivity contribution is 1.10. The van der Waals surface area contributed by atoms with E-state index in [1.54, 1.807) is 11.3 Å². The summed E-state index contributed by atoms with van der Waals surface area (Å²) in [7, 11) is 0. The molecule has 7 heteroatoms. The number of halogens is 1. The first-order chi connectivity index (χ1) is 8.24. The standard InChI is InChI=1S/C10H9ClN4S2/c1-2-6-4-13-8(16-6)5-14-10-7(3-12)9(11)15-17-10/h4,14H,2,5H2,1H3. The van der Waals surface area contributed by atoms with Crippen LogP contribution in [0.25, 0.3) is 0 Å². The number of aryl methyl sites for hydroxylation is 1. The highest BCUT2D eigenvalue weighted by Crippen LogP contribution is 2.28. The van der Waals surface area contributed by atoms with E-state index in [1.807, 2.05) is 12.3 Å². The van der Waals surface area contributed by atoms with Crippen molar-refractivity contribution in [1.82, 2.24) is 9.36 Å². The van der Waals surface area contributed by atoms with Gasteiger partial charge in [-0.3, -0.25) is 0 Å². The topological polar surface area (TPSA) is 61.6 Å². The molecule has 1 N–H and O–H groups in total. The molecule has 0 aliphatic rings. The fourth-order valence-electron chi connectivity index (χ4n) is 1.24. The number of aromatic nitrogens is 2. The highest BCUT2D eigenvalue weighted by atomic mass is 35.5. The lowest BCUT2D eigenvalue weighted by atomic mass is 10.4. The molecule has 17 heavy (non-hydrogen) atoms. The van der Waals surface area contributed by atoms with Crippen molar-refractivity contribution in [1.29, 1.82) is 5.26 Å². The lowest BCUT2D eigenvalue weighted by Crippen LogP contribution is -1.98. The van der Waals surface area contributed by atoms with Crippen LogP contribution in [0.1, 0.15) is 22.4 Å². The van der Waals surface area contributed by atoms with Crippen molar-refractivity contribution in [3.63, 3.8) is 0 Å². The van der Waals surface area contributed by atoms with Crippen molar-refractivity contribution in [2.24, 2.45) is 0 Å². The van der Waals surface area contributed by atoms with Gasteiger partial charge in [0.1, 0.15) is 21.6 Å². The van der Waals surface area contributed by atoms with Crippen molar-refractivity contribution in [2.75, 3.05) is 5.32 Å². The van der Waals surface area contributed by atoms with Gasteiger partial charge in [-0.25, -0.2) is 4.98 Å². The van der Waals surface area contributed by atoms with Crippen molar-refractivity contribution in [2.45, 2.75) is 19.9 Å². The molecule has 0 amide bonds. The maximum Gasteiger partial charge on any atom is 0.162 e. The Morgan fingerprint density at radius 3 is 3.06 bits per heavy atom. The SMILES string of the molecule is CCc1cnc(CNc2snc(Cl)c2C#N)s1. The van der Waals surface area contributed by atoms with Gasteiger partial charge in [0.05, 0.1) is 6.54 Å². The molecular weight excluding hydrogens is 276 g/mol. The van der Waals surface area contributed by atoms with Crippen LogP contribution in [0.3, 0.4) is 0 Å². The fourth-order valence-corrected chi connectivity index (χ4v) is 2.97. The van der Waals surface area contributed by atoms with Crippen LogP contribution in [0.15, 0.2) is 6.20 Å². The second-order valence-corrected chi connectivity index (χ2v) is 5.55. The number of nitriles is 1. The molecule has 4 nitrogen and oxygen atoms in total. The largest absolute Gasteiger partial charge is 0.368 e. The van der Waals surface area contributed by atoms with E-state index >= 15 is 0 Å². The smallest absolute Gasteiger partial charge is 0.162 e. The number of nitrogens with one attached hydrogen (secondary N) is 1. The Labute approximate surface area is 112 Å². The molecule has 0 spiro atoms. The number of hydrogen-bond donors (Lipinski definition) is 1. The summed E-state index contributed by atoms with van der Waals surface area (Å²) < 4.78 is 3.93. The average molecular weight is 285 g/mol. The van der Waals surface area contributed by atoms with Crippen LogP contribution in [0.4, 0.5) is 5.00 Å². The normalized spacial score (nSPS) is 10.2. The van der Waals surface area contributed by atoms with Gasteiger partial charge in [0.25, 0.3) is 0 Å². The molecule has 0 atom stereocenters. The molecule has 0 aliphatic carbocycles. The third-order valence-electron chi connectivity index (χ3n) is 2.11. The summed E-state index contributed by atoms with van der Waals surface area (Å²) in [5.41, 5.74) is 0.406. The monoisotopic (exact) mass is 284 g/mol. The molecule has 2 rings (SSSR count). The first kappa shape index (κ1) is 12.3. The van der Waals surface area contributed by atoms with Gasteiger partial charge in [-0.2, -0.15) is 9.64 Å². The molecule has 2 aromatic rings. The summed E-state index contributed by atoms with van der Waals surface area (Å²) in [5, 5.41) is 14.0. The van der Waals surface area contributed by atoms with Crippen molar-refractivity contribution in [3.05, 3.63) is 26.8 Å². The number of anilines is 1. The van der Waals surface area contributed by atoms with E-state index in [4.69, 9.17) is 16.9 Å². The molecule has 0 saturated carbocycles. The van der Waals surface area contributed by atoms with E-state index in [0.29, 0.717) is 17.1 Å². The van der Waals surface area contributed by atoms with Crippen LogP contribution in [0.5, 0.6) is 0 Å². The minimum absolute atomic E-state index is 0.258. The Morgan fingerprint density at radius 2 is 2.41 bits per heavy atom. The average Bonchev–Trinajstić information content (AvgIpc) is 2.92. The van der Waals surface area contributed by atoms with Crippen LogP contribution in [0.2, 0.25) is 5.15 Å². The Hall–Kier alpha value is -1.16. The van der Waals surface area contributed by atoms with E-state index in [-0.39, 0.29) is 5.15 Å². The molecule has 0 bridgehead atoms. The number of nitrogens with zero attached hydrogens (tertiary/aromatic N) is 3. The molecule has 0 fully saturated rings. The third-order valence-corrected chi connectivity index (χ3v) is 4.43. The first-order valence-electron chi connectivity index (χ1n) is 4.97. The summed E-state index contributed by atoms with van der Waals surface area (Å²) in [6.07, 6.45) is 2.88. The first-order valence-corrected chi connectivity index (χ1v) is 6.94. The minimum Gasteiger partial charge on any atom is -0.368 e. The van der Waals surface area contributed by atoms with E-state index < -0.39 is 0 Å². The summed E-state index contributed by atoms with van der Waals surface area (Å²) in [6, 6.07) is 2.03. The summed E-state index contributed by atoms with van der Waals surface area (Å²) in [6.45, 7) is 2.69. The van der Waals surface area contributed by atoms with Gasteiger partial charge in [-0.15, -0.1) is 11.3 Å². The number of hydrogen-bond acceptors (Lipinski definition) is 6. The van der Waals surface area contributed by atoms with Crippen molar-refractivity contribution < 1.29 is 0 Å². The van der Waals surface area contributed by atoms with Crippen LogP contribution < -0.4 is 5.32 Å². The molecule has 0 radical (unpaired) electrons. The maximum atomic E-state index is 8.91. The highest BCUT2D eigenvalue weighted by Gasteiger charge is 2.11. The zero-order chi connectivity index (χ0) is 12.3. The van der Waals surface area contributed by atoms with Gasteiger partial charge < -0.3 is 5.32 Å². The summed E-state index contributed by atoms with van der Waals surface area (Å²) in [4.78, 5) is 5.54. The van der Waals surface area contributed by atoms with Crippen LogP contribution >= 0.6 is 34.5 Å². The third kappa shape index (κ3) is 2.75. The molecule has 0 unspecified atom stereocenters. The molecule has 2 aromatic heterocycles. The van der Waals surface area contributed by atoms with Gasteiger partial charge in [0.15, 0.2) is 5.15 Å². The van der Waals surface area contributed by atoms with Crippen molar-refractivity contribution in [3.8, 4) is 6.07 Å². The zero-order valence-electron chi connectivity index (χ0n) is 9.03. The molecule has 88 valence electrons. The van der Waals surface area contributed by atoms with Crippen LogP contribution in [-0.4, -0.2) is 9.36 Å². The highest BCUT2D eigenvalue weighted by molar-refractivity contribution is 7.12. The fraction of sp³-hybridized carbons (Fsp3) is 0.300. The number of thiazole rings is 1. The van der Waals surface area contributed by atoms with E-state index in [1.165, 1.54) is 16.4 Å². The van der Waals surface area contributed by atoms with Crippen LogP contribution in [-0.2, 0) is 13.0 Å². The van der Waals surface area contributed by atoms with Crippen molar-refractivity contribution >= 4 is 39.5 Å². The Morgan fingerprint density at radius 1 is 1.59 bits per heavy atom. The quantitative estimate of drug-likeness (QED) is 0.936. The van der Waals surface area contributed by atoms with Gasteiger partial charge >= 0.3 is 0 Å². The van der Waals surface area contributed by atoms with E-state index in [0.717, 1.165) is 11.4 Å². The molecule has 2 heterocycles. The van der Waals surface area contributed by atoms with Gasteiger partial charge in [0, 0.05) is 11.1 Å². The maximum absolute atomic E-state index is 8.91. The number of rotatable bonds is 4. The second kappa shape index (κ2) is 5.45. The molecule has 0 aliphatic heterocycles. The van der Waals surface area contributed by atoms with Gasteiger partial charge in [-0.05, 0) is 18.0 Å². The zero-order valence-corrected chi connectivity index (χ0v) is 11.4. The molecular formula is C10H9ClN4S2. The second-order valence-electron chi connectivity index (χ2n) is 3.22. The van der Waals surface area contributed by atoms with E-state index in [9.17, 15) is 0 Å². The molecule has 0 aromatic carbocycles. The Balaban J connectivity index is 2.05. The predicted molar refractivity (Wildman–Crippen MR) is 70.7 cm³/mol. The predicted octanol–water partition coefficient (Wildman–Crippen LogP) is 3.30. The van der Waals surface area contributed by atoms with Crippen LogP contribution in [0, 0.1) is 11.3 Å². The summed E-state index contributed by atoms with van der Waals surface area (Å²) in [5.74, 6) is 0.